The Balaban J connectivity index is 2.45. The number of aromatic nitrogens is 2. The quantitative estimate of drug-likeness (QED) is 0.756. The predicted octanol–water partition coefficient (Wildman–Crippen LogP) is 3.33. The molecule has 3 heteroatoms. The molecule has 0 saturated carbocycles. The van der Waals surface area contributed by atoms with E-state index in [4.69, 9.17) is 0 Å². The molecule has 0 amide bonds. The van der Waals surface area contributed by atoms with E-state index in [1.807, 2.05) is 13.3 Å². The van der Waals surface area contributed by atoms with Crippen LogP contribution in [0.25, 0.3) is 5.69 Å². The van der Waals surface area contributed by atoms with Gasteiger partial charge in [0.2, 0.25) is 0 Å². The molecule has 0 bridgehead atoms. The van der Waals surface area contributed by atoms with Crippen molar-refractivity contribution in [2.45, 2.75) is 33.0 Å². The zero-order chi connectivity index (χ0) is 12.4. The summed E-state index contributed by atoms with van der Waals surface area (Å²) in [5.74, 6) is 0. The van der Waals surface area contributed by atoms with Crippen LogP contribution in [0.3, 0.4) is 0 Å². The largest absolute Gasteiger partial charge is 0.306 e. The average Bonchev–Trinajstić information content (AvgIpc) is 2.64. The lowest BCUT2D eigenvalue weighted by molar-refractivity contribution is 1.03. The van der Waals surface area contributed by atoms with Crippen molar-refractivity contribution >= 4 is 8.80 Å². The maximum absolute atomic E-state index is 4.31. The molecule has 89 valence electrons. The van der Waals surface area contributed by atoms with Crippen molar-refractivity contribution < 1.29 is 0 Å². The summed E-state index contributed by atoms with van der Waals surface area (Å²) in [5, 5.41) is 0. The van der Waals surface area contributed by atoms with Crippen molar-refractivity contribution in [1.82, 2.24) is 9.55 Å². The molecule has 1 radical (unpaired) electrons. The maximum Gasteiger partial charge on any atom is 0.0995 e. The Labute approximate surface area is 105 Å². The molecule has 1 heterocycles. The third kappa shape index (κ3) is 2.85. The lowest BCUT2D eigenvalue weighted by atomic mass is 10.1. The zero-order valence-electron chi connectivity index (χ0n) is 11.0. The first-order valence-electron chi connectivity index (χ1n) is 5.96. The molecule has 2 nitrogen and oxygen atoms in total. The molecule has 2 aromatic rings. The molecule has 0 aliphatic heterocycles. The van der Waals surface area contributed by atoms with Gasteiger partial charge in [-0.15, -0.1) is 0 Å². The van der Waals surface area contributed by atoms with E-state index in [0.717, 1.165) is 5.69 Å². The fourth-order valence-corrected chi connectivity index (χ4v) is 3.09. The lowest BCUT2D eigenvalue weighted by Gasteiger charge is -2.12. The Morgan fingerprint density at radius 3 is 2.59 bits per heavy atom. The van der Waals surface area contributed by atoms with Crippen LogP contribution < -0.4 is 0 Å². The number of rotatable bonds is 3. The van der Waals surface area contributed by atoms with Gasteiger partial charge in [0, 0.05) is 20.7 Å². The first kappa shape index (κ1) is 12.1. The van der Waals surface area contributed by atoms with Crippen molar-refractivity contribution in [2.75, 3.05) is 0 Å². The number of aryl methyl sites for hydroxylation is 2. The molecule has 0 atom stereocenters. The van der Waals surface area contributed by atoms with Gasteiger partial charge in [0.15, 0.2) is 0 Å². The molecule has 0 spiro atoms. The van der Waals surface area contributed by atoms with E-state index in [1.165, 1.54) is 22.9 Å². The normalized spacial score (nSPS) is 11.1. The monoisotopic (exact) mass is 243 g/mol. The van der Waals surface area contributed by atoms with Crippen LogP contribution in [0.4, 0.5) is 0 Å². The van der Waals surface area contributed by atoms with Gasteiger partial charge in [0.25, 0.3) is 0 Å². The van der Waals surface area contributed by atoms with Gasteiger partial charge in [-0.05, 0) is 31.5 Å². The third-order valence-electron chi connectivity index (χ3n) is 2.77. The topological polar surface area (TPSA) is 17.8 Å². The van der Waals surface area contributed by atoms with Crippen LogP contribution in [0.5, 0.6) is 0 Å². The minimum absolute atomic E-state index is 0.259. The molecule has 17 heavy (non-hydrogen) atoms. The van der Waals surface area contributed by atoms with E-state index in [-0.39, 0.29) is 8.80 Å². The fourth-order valence-electron chi connectivity index (χ4n) is 2.04. The molecule has 0 unspecified atom stereocenters. The van der Waals surface area contributed by atoms with E-state index in [9.17, 15) is 0 Å². The molecule has 1 aromatic heterocycles. The summed E-state index contributed by atoms with van der Waals surface area (Å²) in [6.45, 7) is 8.90. The smallest absolute Gasteiger partial charge is 0.0995 e. The summed E-state index contributed by atoms with van der Waals surface area (Å²) in [6.07, 6.45) is 3.99. The van der Waals surface area contributed by atoms with Crippen LogP contribution in [0.15, 0.2) is 30.7 Å². The molecular formula is C14H19N2Si. The van der Waals surface area contributed by atoms with Gasteiger partial charge in [-0.1, -0.05) is 30.8 Å². The second-order valence-corrected chi connectivity index (χ2v) is 7.71. The van der Waals surface area contributed by atoms with Gasteiger partial charge in [0.05, 0.1) is 12.0 Å². The zero-order valence-corrected chi connectivity index (χ0v) is 12.0. The molecule has 0 aliphatic carbocycles. The summed E-state index contributed by atoms with van der Waals surface area (Å²) in [7, 11) is -0.259. The number of nitrogens with zero attached hydrogens (tertiary/aromatic N) is 2. The fraction of sp³-hybridized carbons (Fsp3) is 0.357. The van der Waals surface area contributed by atoms with Gasteiger partial charge in [-0.2, -0.15) is 0 Å². The number of benzene rings is 1. The Morgan fingerprint density at radius 2 is 2.00 bits per heavy atom. The summed E-state index contributed by atoms with van der Waals surface area (Å²) in [6, 6.07) is 7.89. The molecule has 0 fully saturated rings. The third-order valence-corrected chi connectivity index (χ3v) is 3.86. The number of imidazole rings is 1. The highest BCUT2D eigenvalue weighted by Gasteiger charge is 2.08. The first-order chi connectivity index (χ1) is 8.06. The summed E-state index contributed by atoms with van der Waals surface area (Å²) >= 11 is 0. The van der Waals surface area contributed by atoms with Crippen LogP contribution in [0.1, 0.15) is 16.8 Å². The Morgan fingerprint density at radius 1 is 1.24 bits per heavy atom. The molecule has 1 aromatic carbocycles. The minimum Gasteiger partial charge on any atom is -0.306 e. The molecular weight excluding hydrogens is 224 g/mol. The Hall–Kier alpha value is -1.35. The van der Waals surface area contributed by atoms with Crippen LogP contribution in [0.2, 0.25) is 13.1 Å². The lowest BCUT2D eigenvalue weighted by Crippen LogP contribution is -2.09. The van der Waals surface area contributed by atoms with Crippen LogP contribution in [-0.2, 0) is 6.04 Å². The highest BCUT2D eigenvalue weighted by atomic mass is 28.3. The van der Waals surface area contributed by atoms with Crippen molar-refractivity contribution in [3.8, 4) is 5.69 Å². The second kappa shape index (κ2) is 4.88. The van der Waals surface area contributed by atoms with Gasteiger partial charge in [-0.3, -0.25) is 0 Å². The SMILES string of the molecule is Cc1ccc(-n2cnc(C)c2)c(C[Si](C)C)c1. The van der Waals surface area contributed by atoms with Crippen molar-refractivity contribution in [3.63, 3.8) is 0 Å². The molecule has 0 saturated heterocycles. The second-order valence-electron chi connectivity index (χ2n) is 4.94. The number of hydrogen-bond donors (Lipinski definition) is 0. The highest BCUT2D eigenvalue weighted by molar-refractivity contribution is 6.55. The van der Waals surface area contributed by atoms with Gasteiger partial charge < -0.3 is 4.57 Å². The van der Waals surface area contributed by atoms with Crippen molar-refractivity contribution in [3.05, 3.63) is 47.5 Å². The highest BCUT2D eigenvalue weighted by Crippen LogP contribution is 2.18. The van der Waals surface area contributed by atoms with Gasteiger partial charge >= 0.3 is 0 Å². The van der Waals surface area contributed by atoms with Crippen LogP contribution in [0, 0.1) is 13.8 Å². The molecule has 2 rings (SSSR count). The Kier molecular flexibility index (Phi) is 3.48. The van der Waals surface area contributed by atoms with Gasteiger partial charge in [0.1, 0.15) is 0 Å². The van der Waals surface area contributed by atoms with Crippen molar-refractivity contribution in [1.29, 1.82) is 0 Å². The number of hydrogen-bond acceptors (Lipinski definition) is 1. The van der Waals surface area contributed by atoms with E-state index in [2.05, 4.69) is 54.0 Å². The summed E-state index contributed by atoms with van der Waals surface area (Å²) in [4.78, 5) is 4.31. The predicted molar refractivity (Wildman–Crippen MR) is 74.2 cm³/mol. The molecule has 0 aliphatic rings. The summed E-state index contributed by atoms with van der Waals surface area (Å²) < 4.78 is 2.13. The van der Waals surface area contributed by atoms with Crippen molar-refractivity contribution in [2.24, 2.45) is 0 Å². The molecule has 0 N–H and O–H groups in total. The standard InChI is InChI=1S/C14H19N2Si/c1-11-5-6-14(13(7-11)9-17(3)4)16-8-12(2)15-10-16/h5-8,10H,9H2,1-4H3. The van der Waals surface area contributed by atoms with E-state index in [0.29, 0.717) is 0 Å². The van der Waals surface area contributed by atoms with Crippen LogP contribution in [-0.4, -0.2) is 18.3 Å². The minimum atomic E-state index is -0.259. The first-order valence-corrected chi connectivity index (χ1v) is 8.66. The van der Waals surface area contributed by atoms with Crippen LogP contribution >= 0.6 is 0 Å². The van der Waals surface area contributed by atoms with Gasteiger partial charge in [-0.25, -0.2) is 4.98 Å². The van der Waals surface area contributed by atoms with E-state index < -0.39 is 0 Å². The maximum atomic E-state index is 4.31. The van der Waals surface area contributed by atoms with E-state index in [1.54, 1.807) is 0 Å². The Bertz CT molecular complexity index is 515. The average molecular weight is 243 g/mol. The summed E-state index contributed by atoms with van der Waals surface area (Å²) in [5.41, 5.74) is 5.13. The van der Waals surface area contributed by atoms with E-state index >= 15 is 0 Å².